The van der Waals surface area contributed by atoms with Crippen molar-refractivity contribution in [2.75, 3.05) is 46.2 Å². The van der Waals surface area contributed by atoms with E-state index in [0.29, 0.717) is 42.9 Å². The van der Waals surface area contributed by atoms with E-state index in [-0.39, 0.29) is 66.6 Å². The Hall–Kier alpha value is -5.26. The number of carbonyl (C=O) groups excluding carboxylic acids is 5. The summed E-state index contributed by atoms with van der Waals surface area (Å²) in [6.07, 6.45) is 3.06. The van der Waals surface area contributed by atoms with Crippen molar-refractivity contribution in [1.29, 1.82) is 0 Å². The van der Waals surface area contributed by atoms with Crippen LogP contribution in [0.2, 0.25) is 0 Å². The van der Waals surface area contributed by atoms with Crippen molar-refractivity contribution in [2.24, 2.45) is 16.7 Å². The third kappa shape index (κ3) is 12.7. The van der Waals surface area contributed by atoms with E-state index in [1.165, 1.54) is 6.20 Å². The summed E-state index contributed by atoms with van der Waals surface area (Å²) in [6.45, 7) is 13.2. The quantitative estimate of drug-likeness (QED) is 0.319. The van der Waals surface area contributed by atoms with E-state index in [9.17, 15) is 24.0 Å². The third-order valence-electron chi connectivity index (χ3n) is 10.0. The van der Waals surface area contributed by atoms with Crippen LogP contribution in [0.1, 0.15) is 92.8 Å². The van der Waals surface area contributed by atoms with E-state index in [1.807, 2.05) is 51.1 Å². The lowest BCUT2D eigenvalue weighted by molar-refractivity contribution is -0.135. The number of benzene rings is 2. The first kappa shape index (κ1) is 42.5. The molecule has 0 fully saturated rings. The van der Waals surface area contributed by atoms with E-state index in [0.717, 1.165) is 11.1 Å². The van der Waals surface area contributed by atoms with Gasteiger partial charge in [-0.05, 0) is 78.1 Å². The number of aromatic nitrogens is 1. The van der Waals surface area contributed by atoms with Gasteiger partial charge in [0.05, 0.1) is 18.7 Å². The molecule has 0 saturated carbocycles. The molecule has 2 aromatic carbocycles. The number of likely N-dealkylation sites (N-methyl/N-ethyl adjacent to an activating group) is 2. The second-order valence-electron chi connectivity index (χ2n) is 16.7. The Morgan fingerprint density at radius 1 is 0.855 bits per heavy atom. The number of nitrogens with zero attached hydrogens (tertiary/aromatic N) is 4. The predicted octanol–water partition coefficient (Wildman–Crippen LogP) is 5.82. The van der Waals surface area contributed by atoms with Crippen LogP contribution >= 0.6 is 0 Å². The highest BCUT2D eigenvalue weighted by atomic mass is 16.5. The maximum atomic E-state index is 13.9. The summed E-state index contributed by atoms with van der Waals surface area (Å²) in [5, 5.41) is 5.94. The van der Waals surface area contributed by atoms with E-state index in [1.54, 1.807) is 66.2 Å². The van der Waals surface area contributed by atoms with Crippen LogP contribution in [0.15, 0.2) is 66.9 Å². The van der Waals surface area contributed by atoms with Crippen molar-refractivity contribution in [3.8, 4) is 5.75 Å². The second-order valence-corrected chi connectivity index (χ2v) is 16.7. The lowest BCUT2D eigenvalue weighted by Gasteiger charge is -2.35. The average Bonchev–Trinajstić information content (AvgIpc) is 3.13. The molecule has 0 aliphatic carbocycles. The zero-order valence-electron chi connectivity index (χ0n) is 33.9. The molecule has 0 radical (unpaired) electrons. The number of pyridine rings is 1. The van der Waals surface area contributed by atoms with Crippen molar-refractivity contribution >= 4 is 35.2 Å². The largest absolute Gasteiger partial charge is 0.490 e. The molecule has 2 atom stereocenters. The Kier molecular flexibility index (Phi) is 14.2. The van der Waals surface area contributed by atoms with Gasteiger partial charge in [-0.15, -0.1) is 0 Å². The molecule has 0 saturated heterocycles. The number of ether oxygens (including phenoxy) is 1. The zero-order chi connectivity index (χ0) is 40.5. The second kappa shape index (κ2) is 18.4. The Morgan fingerprint density at radius 2 is 1.51 bits per heavy atom. The van der Waals surface area contributed by atoms with Crippen LogP contribution in [0.25, 0.3) is 0 Å². The topological polar surface area (TPSA) is 141 Å². The zero-order valence-corrected chi connectivity index (χ0v) is 33.9. The molecule has 296 valence electrons. The number of nitrogens with one attached hydrogen (secondary N) is 2. The van der Waals surface area contributed by atoms with E-state index in [4.69, 9.17) is 4.74 Å². The molecule has 0 unspecified atom stereocenters. The van der Waals surface area contributed by atoms with Crippen LogP contribution < -0.4 is 15.4 Å². The number of carbonyl (C=O) groups is 5. The SMILES string of the molecule is C[C@H]1[C@@H](CC(C)(C)C)C(=O)Nc2ccc(cc2)CCN(C)C(=O)CC(C)(C)CC(=O)N(C)CCOc2ccc(nc2)C(=O)NCc2cccc(c2)C(=O)N1C. The molecule has 2 N–H and O–H groups in total. The molecule has 12 heteroatoms. The van der Waals surface area contributed by atoms with Crippen molar-refractivity contribution in [3.63, 3.8) is 0 Å². The minimum atomic E-state index is -0.552. The molecule has 1 aromatic heterocycles. The maximum absolute atomic E-state index is 13.9. The molecular weight excluding hydrogens is 697 g/mol. The fraction of sp³-hybridized carbons (Fsp3) is 0.488. The van der Waals surface area contributed by atoms with E-state index in [2.05, 4.69) is 36.4 Å². The molecule has 55 heavy (non-hydrogen) atoms. The standard InChI is InChI=1S/C43H58N6O6/c1-29-35(24-42(2,3)4)39(52)46-33-15-13-30(14-16-33)19-20-47(7)37(50)25-43(5,6)26-38(51)48(8)21-22-55-34-17-18-36(44-28-34)40(53)45-27-31-11-10-12-32(23-31)41(54)49(29)9/h10-18,23,28-29,35H,19-22,24-27H2,1-9H3,(H,45,53)(H,46,52)/t29-,35+/m0/s1. The highest BCUT2D eigenvalue weighted by Crippen LogP contribution is 2.30. The molecule has 5 amide bonds. The average molecular weight is 755 g/mol. The first-order valence-corrected chi connectivity index (χ1v) is 18.9. The van der Waals surface area contributed by atoms with Gasteiger partial charge in [-0.3, -0.25) is 24.0 Å². The van der Waals surface area contributed by atoms with Crippen molar-refractivity contribution in [2.45, 2.75) is 79.8 Å². The number of hydrogen-bond acceptors (Lipinski definition) is 7. The van der Waals surface area contributed by atoms with Gasteiger partial charge < -0.3 is 30.1 Å². The van der Waals surface area contributed by atoms with Gasteiger partial charge in [0.1, 0.15) is 18.1 Å². The fourth-order valence-corrected chi connectivity index (χ4v) is 6.48. The molecule has 4 aliphatic heterocycles. The fourth-order valence-electron chi connectivity index (χ4n) is 6.48. The van der Waals surface area contributed by atoms with Gasteiger partial charge in [-0.25, -0.2) is 4.98 Å². The lowest BCUT2D eigenvalue weighted by atomic mass is 9.80. The van der Waals surface area contributed by atoms with Gasteiger partial charge in [0, 0.05) is 64.4 Å². The van der Waals surface area contributed by atoms with Crippen LogP contribution in [0.4, 0.5) is 5.69 Å². The number of rotatable bonds is 1. The van der Waals surface area contributed by atoms with Gasteiger partial charge in [0.15, 0.2) is 0 Å². The molecule has 0 spiro atoms. The summed E-state index contributed by atoms with van der Waals surface area (Å²) >= 11 is 0. The smallest absolute Gasteiger partial charge is 0.270 e. The highest BCUT2D eigenvalue weighted by Gasteiger charge is 2.34. The molecule has 6 bridgehead atoms. The molecule has 12 nitrogen and oxygen atoms in total. The first-order valence-electron chi connectivity index (χ1n) is 18.9. The maximum Gasteiger partial charge on any atom is 0.270 e. The summed E-state index contributed by atoms with van der Waals surface area (Å²) in [7, 11) is 5.19. The number of anilines is 1. The van der Waals surface area contributed by atoms with Crippen LogP contribution in [0.3, 0.4) is 0 Å². The van der Waals surface area contributed by atoms with Crippen LogP contribution in [-0.2, 0) is 27.3 Å². The molecule has 5 heterocycles. The van der Waals surface area contributed by atoms with Gasteiger partial charge in [0.25, 0.3) is 11.8 Å². The Labute approximate surface area is 326 Å². The van der Waals surface area contributed by atoms with Crippen molar-refractivity contribution < 1.29 is 28.7 Å². The summed E-state index contributed by atoms with van der Waals surface area (Å²) in [5.41, 5.74) is 2.30. The van der Waals surface area contributed by atoms with Crippen molar-refractivity contribution in [3.05, 3.63) is 89.2 Å². The van der Waals surface area contributed by atoms with Crippen LogP contribution in [0.5, 0.6) is 5.75 Å². The van der Waals surface area contributed by atoms with Gasteiger partial charge >= 0.3 is 0 Å². The van der Waals surface area contributed by atoms with Crippen molar-refractivity contribution in [1.82, 2.24) is 25.0 Å². The van der Waals surface area contributed by atoms with Gasteiger partial charge in [-0.2, -0.15) is 0 Å². The summed E-state index contributed by atoms with van der Waals surface area (Å²) in [6, 6.07) is 17.5. The Morgan fingerprint density at radius 3 is 2.13 bits per heavy atom. The summed E-state index contributed by atoms with van der Waals surface area (Å²) < 4.78 is 5.80. The molecular formula is C43H58N6O6. The molecule has 4 aliphatic rings. The summed E-state index contributed by atoms with van der Waals surface area (Å²) in [5.74, 6) is -0.977. The molecule has 7 rings (SSSR count). The summed E-state index contributed by atoms with van der Waals surface area (Å²) in [4.78, 5) is 76.0. The minimum absolute atomic E-state index is 0.0431. The van der Waals surface area contributed by atoms with Crippen LogP contribution in [-0.4, -0.2) is 96.1 Å². The normalized spacial score (nSPS) is 20.3. The van der Waals surface area contributed by atoms with E-state index >= 15 is 0 Å². The highest BCUT2D eigenvalue weighted by molar-refractivity contribution is 5.97. The van der Waals surface area contributed by atoms with E-state index < -0.39 is 17.4 Å². The number of amides is 5. The Balaban J connectivity index is 1.56. The Bertz CT molecular complexity index is 1820. The van der Waals surface area contributed by atoms with Gasteiger partial charge in [-0.1, -0.05) is 58.9 Å². The predicted molar refractivity (Wildman–Crippen MR) is 214 cm³/mol. The third-order valence-corrected chi connectivity index (χ3v) is 10.0. The lowest BCUT2D eigenvalue weighted by Crippen LogP contribution is -2.45. The monoisotopic (exact) mass is 754 g/mol. The first-order chi connectivity index (χ1) is 25.8. The van der Waals surface area contributed by atoms with Crippen LogP contribution in [0, 0.1) is 16.7 Å². The minimum Gasteiger partial charge on any atom is -0.490 e. The molecule has 3 aromatic rings. The number of hydrogen-bond donors (Lipinski definition) is 2. The van der Waals surface area contributed by atoms with Gasteiger partial charge in [0.2, 0.25) is 17.7 Å².